The summed E-state index contributed by atoms with van der Waals surface area (Å²) in [5.41, 5.74) is 1.06. The van der Waals surface area contributed by atoms with Crippen molar-refractivity contribution in [2.75, 3.05) is 24.6 Å². The quantitative estimate of drug-likeness (QED) is 0.870. The van der Waals surface area contributed by atoms with E-state index in [2.05, 4.69) is 15.2 Å². The van der Waals surface area contributed by atoms with E-state index in [1.54, 1.807) is 6.20 Å². The second-order valence-electron chi connectivity index (χ2n) is 6.48. The maximum absolute atomic E-state index is 12.2. The van der Waals surface area contributed by atoms with Crippen LogP contribution >= 0.6 is 0 Å². The molecule has 0 aliphatic carbocycles. The number of piperidine rings is 1. The van der Waals surface area contributed by atoms with E-state index in [0.29, 0.717) is 6.42 Å². The predicted octanol–water partition coefficient (Wildman–Crippen LogP) is 0.597. The molecular formula is C16H23N3O3S. The smallest absolute Gasteiger partial charge is 0.224 e. The van der Waals surface area contributed by atoms with Crippen LogP contribution in [0.5, 0.6) is 0 Å². The standard InChI is InChI=1S/C16H23N3O3S/c20-16(13-6-10-23(21,22)12-13)18-14-4-8-19(9-5-14)11-15-3-1-2-7-17-15/h1-3,7,13-14H,4-6,8-12H2,(H,18,20)/t13-/m0/s1. The van der Waals surface area contributed by atoms with Crippen LogP contribution in [0.1, 0.15) is 25.0 Å². The molecule has 0 spiro atoms. The van der Waals surface area contributed by atoms with Crippen molar-refractivity contribution in [2.24, 2.45) is 5.92 Å². The summed E-state index contributed by atoms with van der Waals surface area (Å²) in [6, 6.07) is 6.08. The fourth-order valence-electron chi connectivity index (χ4n) is 3.28. The average molecular weight is 337 g/mol. The topological polar surface area (TPSA) is 79.4 Å². The molecule has 126 valence electrons. The average Bonchev–Trinajstić information content (AvgIpc) is 2.90. The van der Waals surface area contributed by atoms with Crippen molar-refractivity contribution >= 4 is 15.7 Å². The zero-order valence-electron chi connectivity index (χ0n) is 13.1. The van der Waals surface area contributed by atoms with E-state index in [1.807, 2.05) is 18.2 Å². The number of rotatable bonds is 4. The lowest BCUT2D eigenvalue weighted by Gasteiger charge is -2.32. The molecule has 0 bridgehead atoms. The van der Waals surface area contributed by atoms with Crippen LogP contribution in [0.4, 0.5) is 0 Å². The first-order valence-corrected chi connectivity index (χ1v) is 9.97. The molecule has 3 heterocycles. The number of carbonyl (C=O) groups excluding carboxylic acids is 1. The summed E-state index contributed by atoms with van der Waals surface area (Å²) >= 11 is 0. The number of pyridine rings is 1. The Hall–Kier alpha value is -1.47. The monoisotopic (exact) mass is 337 g/mol. The molecule has 6 nitrogen and oxygen atoms in total. The number of likely N-dealkylation sites (tertiary alicyclic amines) is 1. The zero-order chi connectivity index (χ0) is 16.3. The van der Waals surface area contributed by atoms with Crippen molar-refractivity contribution in [1.29, 1.82) is 0 Å². The Labute approximate surface area is 137 Å². The van der Waals surface area contributed by atoms with Crippen molar-refractivity contribution < 1.29 is 13.2 Å². The first-order chi connectivity index (χ1) is 11.0. The van der Waals surface area contributed by atoms with Gasteiger partial charge in [-0.3, -0.25) is 14.7 Å². The van der Waals surface area contributed by atoms with Gasteiger partial charge in [0.25, 0.3) is 0 Å². The van der Waals surface area contributed by atoms with Crippen LogP contribution in [0.15, 0.2) is 24.4 Å². The molecule has 2 aliphatic rings. The summed E-state index contributed by atoms with van der Waals surface area (Å²) in [5.74, 6) is -0.286. The molecule has 1 aromatic heterocycles. The van der Waals surface area contributed by atoms with Gasteiger partial charge in [-0.25, -0.2) is 8.42 Å². The van der Waals surface area contributed by atoms with Gasteiger partial charge in [0.2, 0.25) is 5.91 Å². The van der Waals surface area contributed by atoms with E-state index in [9.17, 15) is 13.2 Å². The number of nitrogens with zero attached hydrogens (tertiary/aromatic N) is 2. The van der Waals surface area contributed by atoms with E-state index in [1.165, 1.54) is 0 Å². The van der Waals surface area contributed by atoms with Gasteiger partial charge in [0.05, 0.1) is 23.1 Å². The third-order valence-corrected chi connectivity index (χ3v) is 6.42. The Morgan fingerprint density at radius 3 is 2.65 bits per heavy atom. The SMILES string of the molecule is O=C(NC1CCN(Cc2ccccn2)CC1)[C@H]1CCS(=O)(=O)C1. The van der Waals surface area contributed by atoms with Crippen molar-refractivity contribution in [2.45, 2.75) is 31.8 Å². The molecule has 2 saturated heterocycles. The number of aromatic nitrogens is 1. The van der Waals surface area contributed by atoms with E-state index < -0.39 is 9.84 Å². The first-order valence-electron chi connectivity index (χ1n) is 8.15. The minimum Gasteiger partial charge on any atom is -0.353 e. The molecule has 1 amide bonds. The molecule has 7 heteroatoms. The lowest BCUT2D eigenvalue weighted by molar-refractivity contribution is -0.125. The normalized spacial score (nSPS) is 25.3. The molecule has 0 aromatic carbocycles. The summed E-state index contributed by atoms with van der Waals surface area (Å²) in [5, 5.41) is 3.04. The molecule has 2 aliphatic heterocycles. The largest absolute Gasteiger partial charge is 0.353 e. The maximum Gasteiger partial charge on any atom is 0.224 e. The first kappa shape index (κ1) is 16.4. The summed E-state index contributed by atoms with van der Waals surface area (Å²) in [6.45, 7) is 2.68. The van der Waals surface area contributed by atoms with Crippen LogP contribution in [-0.4, -0.2) is 54.8 Å². The van der Waals surface area contributed by atoms with Gasteiger partial charge in [0, 0.05) is 31.9 Å². The summed E-state index contributed by atoms with van der Waals surface area (Å²) < 4.78 is 22.9. The van der Waals surface area contributed by atoms with Crippen LogP contribution < -0.4 is 5.32 Å². The van der Waals surface area contributed by atoms with Gasteiger partial charge in [-0.1, -0.05) is 6.07 Å². The molecule has 0 unspecified atom stereocenters. The highest BCUT2D eigenvalue weighted by Gasteiger charge is 2.34. The van der Waals surface area contributed by atoms with E-state index in [0.717, 1.165) is 38.2 Å². The molecule has 1 N–H and O–H groups in total. The van der Waals surface area contributed by atoms with E-state index in [-0.39, 0.29) is 29.4 Å². The van der Waals surface area contributed by atoms with Crippen molar-refractivity contribution in [3.8, 4) is 0 Å². The minimum absolute atomic E-state index is 0.0113. The highest BCUT2D eigenvalue weighted by Crippen LogP contribution is 2.20. The van der Waals surface area contributed by atoms with Crippen LogP contribution in [0, 0.1) is 5.92 Å². The van der Waals surface area contributed by atoms with Crippen LogP contribution in [0.3, 0.4) is 0 Å². The van der Waals surface area contributed by atoms with Gasteiger partial charge in [0.15, 0.2) is 9.84 Å². The Morgan fingerprint density at radius 1 is 1.26 bits per heavy atom. The molecule has 1 aromatic rings. The number of hydrogen-bond acceptors (Lipinski definition) is 5. The molecule has 2 fully saturated rings. The second-order valence-corrected chi connectivity index (χ2v) is 8.71. The fourth-order valence-corrected chi connectivity index (χ4v) is 5.02. The van der Waals surface area contributed by atoms with Gasteiger partial charge in [-0.15, -0.1) is 0 Å². The third kappa shape index (κ3) is 4.51. The maximum atomic E-state index is 12.2. The van der Waals surface area contributed by atoms with Crippen molar-refractivity contribution in [3.63, 3.8) is 0 Å². The Balaban J connectivity index is 1.43. The highest BCUT2D eigenvalue weighted by atomic mass is 32.2. The number of hydrogen-bond donors (Lipinski definition) is 1. The van der Waals surface area contributed by atoms with Gasteiger partial charge >= 0.3 is 0 Å². The van der Waals surface area contributed by atoms with Crippen molar-refractivity contribution in [3.05, 3.63) is 30.1 Å². The van der Waals surface area contributed by atoms with Gasteiger partial charge < -0.3 is 5.32 Å². The molecule has 0 saturated carbocycles. The number of nitrogens with one attached hydrogen (secondary N) is 1. The lowest BCUT2D eigenvalue weighted by Crippen LogP contribution is -2.46. The minimum atomic E-state index is -3.00. The number of sulfone groups is 1. The lowest BCUT2D eigenvalue weighted by atomic mass is 10.0. The predicted molar refractivity (Wildman–Crippen MR) is 87.4 cm³/mol. The third-order valence-electron chi connectivity index (χ3n) is 4.65. The second kappa shape index (κ2) is 6.97. The van der Waals surface area contributed by atoms with Crippen molar-refractivity contribution in [1.82, 2.24) is 15.2 Å². The van der Waals surface area contributed by atoms with Crippen LogP contribution in [-0.2, 0) is 21.2 Å². The Bertz CT molecular complexity index is 640. The molecule has 3 rings (SSSR count). The van der Waals surface area contributed by atoms with Crippen LogP contribution in [0.2, 0.25) is 0 Å². The summed E-state index contributed by atoms with van der Waals surface area (Å²) in [7, 11) is -3.00. The number of carbonyl (C=O) groups is 1. The summed E-state index contributed by atoms with van der Waals surface area (Å²) in [6.07, 6.45) is 4.07. The van der Waals surface area contributed by atoms with E-state index in [4.69, 9.17) is 0 Å². The summed E-state index contributed by atoms with van der Waals surface area (Å²) in [4.78, 5) is 18.9. The number of amides is 1. The molecular weight excluding hydrogens is 314 g/mol. The van der Waals surface area contributed by atoms with Gasteiger partial charge in [-0.2, -0.15) is 0 Å². The molecule has 0 radical (unpaired) electrons. The Kier molecular flexibility index (Phi) is 4.96. The zero-order valence-corrected chi connectivity index (χ0v) is 14.0. The van der Waals surface area contributed by atoms with Crippen LogP contribution in [0.25, 0.3) is 0 Å². The molecule has 23 heavy (non-hydrogen) atoms. The van der Waals surface area contributed by atoms with Gasteiger partial charge in [-0.05, 0) is 31.4 Å². The highest BCUT2D eigenvalue weighted by molar-refractivity contribution is 7.91. The van der Waals surface area contributed by atoms with Gasteiger partial charge in [0.1, 0.15) is 0 Å². The fraction of sp³-hybridized carbons (Fsp3) is 0.625. The molecule has 1 atom stereocenters. The van der Waals surface area contributed by atoms with E-state index >= 15 is 0 Å². The Morgan fingerprint density at radius 2 is 2.04 bits per heavy atom.